The van der Waals surface area contributed by atoms with Crippen LogP contribution in [0, 0.1) is 11.6 Å². The summed E-state index contributed by atoms with van der Waals surface area (Å²) < 4.78 is 51.9. The molecule has 4 nitrogen and oxygen atoms in total. The van der Waals surface area contributed by atoms with Crippen LogP contribution in [0.5, 0.6) is 0 Å². The number of halogens is 2. The summed E-state index contributed by atoms with van der Waals surface area (Å²) in [5.41, 5.74) is 0. The van der Waals surface area contributed by atoms with Gasteiger partial charge in [0.1, 0.15) is 16.5 Å². The summed E-state index contributed by atoms with van der Waals surface area (Å²) >= 11 is 0. The summed E-state index contributed by atoms with van der Waals surface area (Å²) in [5.74, 6) is -1.83. The third kappa shape index (κ3) is 2.52. The molecule has 0 N–H and O–H groups in total. The van der Waals surface area contributed by atoms with Gasteiger partial charge in [-0.1, -0.05) is 0 Å². The highest BCUT2D eigenvalue weighted by atomic mass is 32.2. The maximum Gasteiger partial charge on any atom is 0.246 e. The first-order valence-electron chi connectivity index (χ1n) is 5.55. The van der Waals surface area contributed by atoms with Crippen LogP contribution in [-0.2, 0) is 10.0 Å². The van der Waals surface area contributed by atoms with E-state index in [1.54, 1.807) is 0 Å². The topological polar surface area (TPSA) is 40.6 Å². The van der Waals surface area contributed by atoms with Gasteiger partial charge in [0, 0.05) is 32.2 Å². The number of benzene rings is 1. The van der Waals surface area contributed by atoms with Gasteiger partial charge in [-0.05, 0) is 19.2 Å². The van der Waals surface area contributed by atoms with Crippen molar-refractivity contribution in [1.29, 1.82) is 0 Å². The molecule has 0 aromatic heterocycles. The van der Waals surface area contributed by atoms with Gasteiger partial charge in [-0.3, -0.25) is 0 Å². The van der Waals surface area contributed by atoms with Crippen LogP contribution in [0.3, 0.4) is 0 Å². The van der Waals surface area contributed by atoms with E-state index in [0.29, 0.717) is 32.2 Å². The zero-order valence-electron chi connectivity index (χ0n) is 9.94. The van der Waals surface area contributed by atoms with Gasteiger partial charge in [0.05, 0.1) is 0 Å². The fraction of sp³-hybridized carbons (Fsp3) is 0.455. The lowest BCUT2D eigenvalue weighted by atomic mass is 10.3. The number of sulfonamides is 1. The van der Waals surface area contributed by atoms with Crippen molar-refractivity contribution in [1.82, 2.24) is 9.21 Å². The third-order valence-electron chi connectivity index (χ3n) is 2.97. The number of piperazine rings is 1. The third-order valence-corrected chi connectivity index (χ3v) is 4.91. The summed E-state index contributed by atoms with van der Waals surface area (Å²) in [6.45, 7) is 1.83. The summed E-state index contributed by atoms with van der Waals surface area (Å²) in [5, 5.41) is 0. The van der Waals surface area contributed by atoms with E-state index in [-0.39, 0.29) is 0 Å². The molecule has 0 atom stereocenters. The molecule has 0 radical (unpaired) electrons. The first kappa shape index (κ1) is 13.4. The molecule has 1 fully saturated rings. The Bertz CT molecular complexity index is 540. The van der Waals surface area contributed by atoms with Crippen molar-refractivity contribution in [3.8, 4) is 0 Å². The molecule has 7 heteroatoms. The van der Waals surface area contributed by atoms with Crippen LogP contribution in [-0.4, -0.2) is 50.8 Å². The first-order chi connectivity index (χ1) is 8.41. The quantitative estimate of drug-likeness (QED) is 0.806. The average molecular weight is 276 g/mol. The molecule has 0 bridgehead atoms. The summed E-state index contributed by atoms with van der Waals surface area (Å²) in [4.78, 5) is 1.53. The van der Waals surface area contributed by atoms with Crippen molar-refractivity contribution in [2.75, 3.05) is 33.2 Å². The predicted molar refractivity (Wildman–Crippen MR) is 62.6 cm³/mol. The van der Waals surface area contributed by atoms with Crippen molar-refractivity contribution in [3.05, 3.63) is 29.8 Å². The van der Waals surface area contributed by atoms with Crippen LogP contribution in [0.4, 0.5) is 8.78 Å². The molecule has 18 heavy (non-hydrogen) atoms. The maximum atomic E-state index is 13.5. The fourth-order valence-electron chi connectivity index (χ4n) is 1.85. The molecule has 0 saturated carbocycles. The van der Waals surface area contributed by atoms with E-state index in [2.05, 4.69) is 0 Å². The lowest BCUT2D eigenvalue weighted by Gasteiger charge is -2.31. The molecule has 0 aliphatic carbocycles. The van der Waals surface area contributed by atoms with Gasteiger partial charge in [-0.15, -0.1) is 0 Å². The van der Waals surface area contributed by atoms with Crippen LogP contribution in [0.15, 0.2) is 23.1 Å². The summed E-state index contributed by atoms with van der Waals surface area (Å²) in [6.07, 6.45) is 0. The Morgan fingerprint density at radius 3 is 2.28 bits per heavy atom. The van der Waals surface area contributed by atoms with E-state index < -0.39 is 26.6 Å². The largest absolute Gasteiger partial charge is 0.304 e. The number of rotatable bonds is 2. The zero-order chi connectivity index (χ0) is 13.3. The molecule has 0 spiro atoms. The molecule has 1 aliphatic rings. The van der Waals surface area contributed by atoms with Gasteiger partial charge >= 0.3 is 0 Å². The molecular weight excluding hydrogens is 262 g/mol. The molecule has 0 unspecified atom stereocenters. The van der Waals surface area contributed by atoms with Crippen molar-refractivity contribution in [2.45, 2.75) is 4.90 Å². The number of hydrogen-bond acceptors (Lipinski definition) is 3. The minimum atomic E-state index is -3.87. The van der Waals surface area contributed by atoms with Crippen molar-refractivity contribution in [2.24, 2.45) is 0 Å². The van der Waals surface area contributed by atoms with E-state index in [1.807, 2.05) is 11.9 Å². The second-order valence-electron chi connectivity index (χ2n) is 4.28. The molecule has 2 rings (SSSR count). The van der Waals surface area contributed by atoms with Crippen LogP contribution < -0.4 is 0 Å². The minimum absolute atomic E-state index is 0.315. The maximum absolute atomic E-state index is 13.5. The van der Waals surface area contributed by atoms with Gasteiger partial charge in [0.2, 0.25) is 10.0 Å². The van der Waals surface area contributed by atoms with E-state index in [4.69, 9.17) is 0 Å². The van der Waals surface area contributed by atoms with Crippen LogP contribution in [0.25, 0.3) is 0 Å². The predicted octanol–water partition coefficient (Wildman–Crippen LogP) is 0.901. The molecule has 100 valence electrons. The molecule has 1 aromatic carbocycles. The van der Waals surface area contributed by atoms with Crippen molar-refractivity contribution >= 4 is 10.0 Å². The first-order valence-corrected chi connectivity index (χ1v) is 6.99. The molecule has 1 heterocycles. The van der Waals surface area contributed by atoms with Crippen LogP contribution in [0.1, 0.15) is 0 Å². The molecule has 1 aromatic rings. The second kappa shape index (κ2) is 4.91. The zero-order valence-corrected chi connectivity index (χ0v) is 10.8. The Kier molecular flexibility index (Phi) is 3.65. The van der Waals surface area contributed by atoms with Crippen molar-refractivity contribution in [3.63, 3.8) is 0 Å². The fourth-order valence-corrected chi connectivity index (χ4v) is 3.32. The minimum Gasteiger partial charge on any atom is -0.304 e. The SMILES string of the molecule is CN1CCN(S(=O)(=O)c2ccc(F)cc2F)CC1. The van der Waals surface area contributed by atoms with E-state index in [9.17, 15) is 17.2 Å². The second-order valence-corrected chi connectivity index (χ2v) is 6.19. The monoisotopic (exact) mass is 276 g/mol. The van der Waals surface area contributed by atoms with Crippen molar-refractivity contribution < 1.29 is 17.2 Å². The lowest BCUT2D eigenvalue weighted by Crippen LogP contribution is -2.47. The van der Waals surface area contributed by atoms with E-state index in [0.717, 1.165) is 12.1 Å². The molecule has 0 amide bonds. The van der Waals surface area contributed by atoms with E-state index >= 15 is 0 Å². The van der Waals surface area contributed by atoms with Gasteiger partial charge in [0.25, 0.3) is 0 Å². The van der Waals surface area contributed by atoms with Crippen LogP contribution >= 0.6 is 0 Å². The Morgan fingerprint density at radius 1 is 1.11 bits per heavy atom. The number of hydrogen-bond donors (Lipinski definition) is 0. The normalized spacial score (nSPS) is 19.1. The standard InChI is InChI=1S/C11H14F2N2O2S/c1-14-4-6-15(7-5-14)18(16,17)11-3-2-9(12)8-10(11)13/h2-3,8H,4-7H2,1H3. The average Bonchev–Trinajstić information content (AvgIpc) is 2.29. The number of nitrogens with zero attached hydrogens (tertiary/aromatic N) is 2. The van der Waals surface area contributed by atoms with Gasteiger partial charge in [-0.2, -0.15) is 4.31 Å². The Balaban J connectivity index is 2.30. The molecular formula is C11H14F2N2O2S. The van der Waals surface area contributed by atoms with E-state index in [1.165, 1.54) is 4.31 Å². The Morgan fingerprint density at radius 2 is 1.72 bits per heavy atom. The lowest BCUT2D eigenvalue weighted by molar-refractivity contribution is 0.222. The highest BCUT2D eigenvalue weighted by molar-refractivity contribution is 7.89. The van der Waals surface area contributed by atoms with Gasteiger partial charge in [-0.25, -0.2) is 17.2 Å². The highest BCUT2D eigenvalue weighted by Crippen LogP contribution is 2.21. The Hall–Kier alpha value is -1.05. The van der Waals surface area contributed by atoms with Gasteiger partial charge in [0.15, 0.2) is 0 Å². The van der Waals surface area contributed by atoms with Gasteiger partial charge < -0.3 is 4.90 Å². The summed E-state index contributed by atoms with van der Waals surface area (Å²) in [7, 11) is -1.98. The van der Waals surface area contributed by atoms with Crippen LogP contribution in [0.2, 0.25) is 0 Å². The Labute approximate surface area is 105 Å². The molecule has 1 aliphatic heterocycles. The highest BCUT2D eigenvalue weighted by Gasteiger charge is 2.29. The molecule has 1 saturated heterocycles. The smallest absolute Gasteiger partial charge is 0.246 e. The number of likely N-dealkylation sites (N-methyl/N-ethyl adjacent to an activating group) is 1. The summed E-state index contributed by atoms with van der Waals surface area (Å²) in [6, 6.07) is 2.51.